The Morgan fingerprint density at radius 2 is 2.28 bits per heavy atom. The van der Waals surface area contributed by atoms with E-state index in [1.54, 1.807) is 6.07 Å². The van der Waals surface area contributed by atoms with Crippen molar-refractivity contribution < 1.29 is 4.74 Å². The number of amidine groups is 1. The maximum Gasteiger partial charge on any atom is 0.127 e. The molecule has 0 bridgehead atoms. The van der Waals surface area contributed by atoms with Crippen molar-refractivity contribution >= 4 is 29.0 Å². The van der Waals surface area contributed by atoms with Crippen LogP contribution in [0.2, 0.25) is 10.0 Å². The molecule has 1 aromatic carbocycles. The summed E-state index contributed by atoms with van der Waals surface area (Å²) < 4.78 is 5.41. The van der Waals surface area contributed by atoms with Crippen LogP contribution in [0.5, 0.6) is 0 Å². The van der Waals surface area contributed by atoms with Crippen LogP contribution in [-0.2, 0) is 11.3 Å². The summed E-state index contributed by atoms with van der Waals surface area (Å²) in [5, 5.41) is 8.70. The van der Waals surface area contributed by atoms with Gasteiger partial charge in [-0.15, -0.1) is 0 Å². The summed E-state index contributed by atoms with van der Waals surface area (Å²) in [6.45, 7) is 2.72. The van der Waals surface area contributed by atoms with Gasteiger partial charge in [0.25, 0.3) is 0 Å². The number of hydrogen-bond donors (Lipinski definition) is 2. The topological polar surface area (TPSA) is 62.3 Å². The van der Waals surface area contributed by atoms with Gasteiger partial charge in [0.05, 0.1) is 6.61 Å². The molecule has 1 fully saturated rings. The molecule has 1 aliphatic rings. The Bertz CT molecular complexity index is 453. The molecule has 6 heteroatoms. The first-order chi connectivity index (χ1) is 8.56. The van der Waals surface area contributed by atoms with Crippen LogP contribution in [-0.4, -0.2) is 36.5 Å². The van der Waals surface area contributed by atoms with Crippen molar-refractivity contribution in [3.05, 3.63) is 33.8 Å². The molecule has 3 N–H and O–H groups in total. The minimum Gasteiger partial charge on any atom is -0.385 e. The van der Waals surface area contributed by atoms with Gasteiger partial charge in [0.2, 0.25) is 0 Å². The smallest absolute Gasteiger partial charge is 0.127 e. The van der Waals surface area contributed by atoms with Crippen molar-refractivity contribution in [2.45, 2.75) is 12.6 Å². The van der Waals surface area contributed by atoms with Crippen molar-refractivity contribution in [1.29, 1.82) is 5.41 Å². The molecule has 4 nitrogen and oxygen atoms in total. The number of benzene rings is 1. The fourth-order valence-corrected chi connectivity index (χ4v) is 2.39. The van der Waals surface area contributed by atoms with E-state index in [-0.39, 0.29) is 11.9 Å². The summed E-state index contributed by atoms with van der Waals surface area (Å²) in [5.41, 5.74) is 6.48. The fourth-order valence-electron chi connectivity index (χ4n) is 1.93. The van der Waals surface area contributed by atoms with E-state index >= 15 is 0 Å². The average molecular weight is 288 g/mol. The van der Waals surface area contributed by atoms with E-state index in [0.717, 1.165) is 12.1 Å². The number of nitrogens with one attached hydrogen (secondary N) is 1. The lowest BCUT2D eigenvalue weighted by atomic mass is 10.2. The first-order valence-corrected chi connectivity index (χ1v) is 6.43. The van der Waals surface area contributed by atoms with Crippen molar-refractivity contribution in [3.63, 3.8) is 0 Å². The highest BCUT2D eigenvalue weighted by Gasteiger charge is 2.23. The average Bonchev–Trinajstić information content (AvgIpc) is 2.33. The van der Waals surface area contributed by atoms with Gasteiger partial charge in [-0.05, 0) is 17.7 Å². The van der Waals surface area contributed by atoms with E-state index < -0.39 is 0 Å². The minimum atomic E-state index is -0.315. The molecule has 98 valence electrons. The lowest BCUT2D eigenvalue weighted by Gasteiger charge is -2.32. The molecule has 1 unspecified atom stereocenters. The molecule has 18 heavy (non-hydrogen) atoms. The lowest BCUT2D eigenvalue weighted by molar-refractivity contribution is 0.00237. The third-order valence-corrected chi connectivity index (χ3v) is 3.49. The number of rotatable bonds is 3. The second-order valence-electron chi connectivity index (χ2n) is 4.29. The van der Waals surface area contributed by atoms with Gasteiger partial charge in [0.15, 0.2) is 0 Å². The van der Waals surface area contributed by atoms with Gasteiger partial charge in [-0.1, -0.05) is 29.3 Å². The molecule has 1 aromatic rings. The second-order valence-corrected chi connectivity index (χ2v) is 5.13. The van der Waals surface area contributed by atoms with Crippen molar-refractivity contribution in [2.24, 2.45) is 5.73 Å². The third kappa shape index (κ3) is 3.36. The van der Waals surface area contributed by atoms with Gasteiger partial charge in [-0.2, -0.15) is 0 Å². The molecule has 2 rings (SSSR count). The zero-order chi connectivity index (χ0) is 13.1. The van der Waals surface area contributed by atoms with Gasteiger partial charge in [0.1, 0.15) is 11.9 Å². The van der Waals surface area contributed by atoms with Crippen LogP contribution < -0.4 is 5.73 Å². The van der Waals surface area contributed by atoms with Gasteiger partial charge >= 0.3 is 0 Å². The highest BCUT2D eigenvalue weighted by molar-refractivity contribution is 6.35. The first kappa shape index (κ1) is 13.6. The predicted molar refractivity (Wildman–Crippen MR) is 73.4 cm³/mol. The third-order valence-electron chi connectivity index (χ3n) is 2.91. The molecule has 0 aliphatic carbocycles. The van der Waals surface area contributed by atoms with Crippen LogP contribution in [0.1, 0.15) is 5.56 Å². The van der Waals surface area contributed by atoms with Gasteiger partial charge in [0, 0.05) is 29.7 Å². The van der Waals surface area contributed by atoms with E-state index in [9.17, 15) is 0 Å². The Morgan fingerprint density at radius 1 is 1.50 bits per heavy atom. The SMILES string of the molecule is N=C(N)C1CN(Cc2ccc(Cl)cc2Cl)CCO1. The molecule has 1 atom stereocenters. The first-order valence-electron chi connectivity index (χ1n) is 5.68. The van der Waals surface area contributed by atoms with Crippen LogP contribution in [0.15, 0.2) is 18.2 Å². The number of ether oxygens (including phenoxy) is 1. The number of halogens is 2. The van der Waals surface area contributed by atoms with Gasteiger partial charge in [-0.3, -0.25) is 10.3 Å². The Labute approximate surface area is 116 Å². The highest BCUT2D eigenvalue weighted by Crippen LogP contribution is 2.23. The van der Waals surface area contributed by atoms with Crippen LogP contribution in [0.25, 0.3) is 0 Å². The van der Waals surface area contributed by atoms with E-state index in [0.29, 0.717) is 29.7 Å². The largest absolute Gasteiger partial charge is 0.385 e. The van der Waals surface area contributed by atoms with E-state index in [1.165, 1.54) is 0 Å². The maximum absolute atomic E-state index is 7.41. The standard InChI is InChI=1S/C12H15Cl2N3O/c13-9-2-1-8(10(14)5-9)6-17-3-4-18-11(7-17)12(15)16/h1-2,5,11H,3-4,6-7H2,(H3,15,16). The Morgan fingerprint density at radius 3 is 2.94 bits per heavy atom. The quantitative estimate of drug-likeness (QED) is 0.661. The summed E-state index contributed by atoms with van der Waals surface area (Å²) >= 11 is 12.0. The number of nitrogens with two attached hydrogens (primary N) is 1. The summed E-state index contributed by atoms with van der Waals surface area (Å²) in [6.07, 6.45) is -0.315. The summed E-state index contributed by atoms with van der Waals surface area (Å²) in [6, 6.07) is 5.48. The molecule has 1 saturated heterocycles. The highest BCUT2D eigenvalue weighted by atomic mass is 35.5. The van der Waals surface area contributed by atoms with Crippen LogP contribution in [0, 0.1) is 5.41 Å². The molecule has 1 aliphatic heterocycles. The van der Waals surface area contributed by atoms with Crippen LogP contribution in [0.3, 0.4) is 0 Å². The van der Waals surface area contributed by atoms with Gasteiger partial charge < -0.3 is 10.5 Å². The van der Waals surface area contributed by atoms with Crippen molar-refractivity contribution in [3.8, 4) is 0 Å². The molecule has 1 heterocycles. The van der Waals surface area contributed by atoms with E-state index in [4.69, 9.17) is 39.1 Å². The fraction of sp³-hybridized carbons (Fsp3) is 0.417. The zero-order valence-corrected chi connectivity index (χ0v) is 11.3. The summed E-state index contributed by atoms with van der Waals surface area (Å²) in [4.78, 5) is 2.17. The number of morpholine rings is 1. The summed E-state index contributed by atoms with van der Waals surface area (Å²) in [5.74, 6) is 0.0712. The second kappa shape index (κ2) is 5.89. The molecular weight excluding hydrogens is 273 g/mol. The normalized spacial score (nSPS) is 20.9. The summed E-state index contributed by atoms with van der Waals surface area (Å²) in [7, 11) is 0. The molecule has 0 radical (unpaired) electrons. The molecule has 0 spiro atoms. The molecule has 0 saturated carbocycles. The molecule has 0 aromatic heterocycles. The number of hydrogen-bond acceptors (Lipinski definition) is 3. The maximum atomic E-state index is 7.41. The van der Waals surface area contributed by atoms with Crippen LogP contribution in [0.4, 0.5) is 0 Å². The number of nitrogens with zero attached hydrogens (tertiary/aromatic N) is 1. The minimum absolute atomic E-state index is 0.0712. The molecule has 0 amide bonds. The Kier molecular flexibility index (Phi) is 4.45. The lowest BCUT2D eigenvalue weighted by Crippen LogP contribution is -2.47. The van der Waals surface area contributed by atoms with Gasteiger partial charge in [-0.25, -0.2) is 0 Å². The Balaban J connectivity index is 2.02. The van der Waals surface area contributed by atoms with Crippen molar-refractivity contribution in [1.82, 2.24) is 4.90 Å². The van der Waals surface area contributed by atoms with E-state index in [1.807, 2.05) is 12.1 Å². The zero-order valence-electron chi connectivity index (χ0n) is 9.83. The van der Waals surface area contributed by atoms with E-state index in [2.05, 4.69) is 4.90 Å². The predicted octanol–water partition coefficient (Wildman–Crippen LogP) is 2.13. The van der Waals surface area contributed by atoms with Crippen LogP contribution >= 0.6 is 23.2 Å². The Hall–Kier alpha value is -0.810. The monoisotopic (exact) mass is 287 g/mol. The molecular formula is C12H15Cl2N3O. The van der Waals surface area contributed by atoms with Crippen molar-refractivity contribution in [2.75, 3.05) is 19.7 Å².